The summed E-state index contributed by atoms with van der Waals surface area (Å²) in [5.41, 5.74) is 1.01. The van der Waals surface area contributed by atoms with Gasteiger partial charge in [0.15, 0.2) is 0 Å². The Hall–Kier alpha value is -1.76. The maximum absolute atomic E-state index is 10.6. The molecule has 2 rings (SSSR count). The maximum Gasteiger partial charge on any atom is 0.264 e. The van der Waals surface area contributed by atoms with E-state index in [2.05, 4.69) is 4.98 Å². The molecule has 1 aliphatic rings. The predicted molar refractivity (Wildman–Crippen MR) is 73.4 cm³/mol. The molecule has 0 atom stereocenters. The number of hydrogen-bond donors (Lipinski definition) is 0. The van der Waals surface area contributed by atoms with Crippen molar-refractivity contribution < 1.29 is 9.66 Å². The molecule has 1 aromatic rings. The summed E-state index contributed by atoms with van der Waals surface area (Å²) in [5, 5.41) is 11.3. The molecule has 0 radical (unpaired) electrons. The van der Waals surface area contributed by atoms with E-state index in [1.54, 1.807) is 19.4 Å². The summed E-state index contributed by atoms with van der Waals surface area (Å²) in [6.07, 6.45) is 3.85. The number of nitro groups is 1. The molecule has 1 saturated heterocycles. The number of methoxy groups -OCH3 is 1. The highest BCUT2D eigenvalue weighted by Crippen LogP contribution is 2.28. The number of ether oxygens (including phenoxy) is 1. The van der Waals surface area contributed by atoms with Crippen molar-refractivity contribution in [3.05, 3.63) is 45.2 Å². The molecule has 7 heteroatoms. The zero-order valence-corrected chi connectivity index (χ0v) is 11.4. The molecule has 6 nitrogen and oxygen atoms in total. The zero-order chi connectivity index (χ0) is 13.7. The molecular formula is C12H15N3O3S. The van der Waals surface area contributed by atoms with Crippen LogP contribution in [0.3, 0.4) is 0 Å². The second-order valence-electron chi connectivity index (χ2n) is 4.09. The van der Waals surface area contributed by atoms with E-state index in [9.17, 15) is 10.1 Å². The quantitative estimate of drug-likeness (QED) is 0.622. The zero-order valence-electron chi connectivity index (χ0n) is 10.6. The highest BCUT2D eigenvalue weighted by Gasteiger charge is 2.19. The molecule has 1 aromatic heterocycles. The summed E-state index contributed by atoms with van der Waals surface area (Å²) < 4.78 is 5.00. The fraction of sp³-hybridized carbons (Fsp3) is 0.417. The second-order valence-corrected chi connectivity index (χ2v) is 5.20. The fourth-order valence-electron chi connectivity index (χ4n) is 1.85. The van der Waals surface area contributed by atoms with Crippen molar-refractivity contribution in [2.24, 2.45) is 0 Å². The van der Waals surface area contributed by atoms with Gasteiger partial charge in [-0.2, -0.15) is 0 Å². The van der Waals surface area contributed by atoms with E-state index < -0.39 is 4.92 Å². The minimum absolute atomic E-state index is 0.396. The van der Waals surface area contributed by atoms with Crippen molar-refractivity contribution in [3.63, 3.8) is 0 Å². The van der Waals surface area contributed by atoms with Gasteiger partial charge in [-0.25, -0.2) is 4.98 Å². The topological polar surface area (TPSA) is 68.5 Å². The Morgan fingerprint density at radius 1 is 1.63 bits per heavy atom. The SMILES string of the molecule is COc1ccc(CN2CCCS/C2=C\[N+](=O)[O-])cn1. The molecule has 0 unspecified atom stereocenters. The van der Waals surface area contributed by atoms with Crippen LogP contribution in [0.25, 0.3) is 0 Å². The summed E-state index contributed by atoms with van der Waals surface area (Å²) in [6.45, 7) is 1.46. The molecule has 102 valence electrons. The van der Waals surface area contributed by atoms with Gasteiger partial charge in [0.25, 0.3) is 6.20 Å². The van der Waals surface area contributed by atoms with E-state index in [4.69, 9.17) is 4.74 Å². The molecule has 0 saturated carbocycles. The van der Waals surface area contributed by atoms with Crippen molar-refractivity contribution in [3.8, 4) is 5.88 Å². The molecular weight excluding hydrogens is 266 g/mol. The first kappa shape index (κ1) is 13.7. The van der Waals surface area contributed by atoms with E-state index in [1.165, 1.54) is 11.8 Å². The Morgan fingerprint density at radius 3 is 3.11 bits per heavy atom. The van der Waals surface area contributed by atoms with Gasteiger partial charge in [0.1, 0.15) is 5.03 Å². The predicted octanol–water partition coefficient (Wildman–Crippen LogP) is 2.10. The number of thioether (sulfide) groups is 1. The number of hydrogen-bond acceptors (Lipinski definition) is 6. The van der Waals surface area contributed by atoms with Gasteiger partial charge in [-0.1, -0.05) is 6.07 Å². The van der Waals surface area contributed by atoms with E-state index in [-0.39, 0.29) is 0 Å². The highest BCUT2D eigenvalue weighted by molar-refractivity contribution is 8.03. The van der Waals surface area contributed by atoms with Gasteiger partial charge in [0.2, 0.25) is 5.88 Å². The minimum Gasteiger partial charge on any atom is -0.481 e. The van der Waals surface area contributed by atoms with Crippen molar-refractivity contribution in [2.45, 2.75) is 13.0 Å². The standard InChI is InChI=1S/C12H15N3O3S/c1-18-11-4-3-10(7-13-11)8-14-5-2-6-19-12(14)9-15(16)17/h3-4,7,9H,2,5-6,8H2,1H3/b12-9-. The number of aromatic nitrogens is 1. The van der Waals surface area contributed by atoms with Crippen molar-refractivity contribution in [1.29, 1.82) is 0 Å². The second kappa shape index (κ2) is 6.42. The smallest absolute Gasteiger partial charge is 0.264 e. The van der Waals surface area contributed by atoms with Crippen molar-refractivity contribution in [1.82, 2.24) is 9.88 Å². The van der Waals surface area contributed by atoms with Gasteiger partial charge in [-0.15, -0.1) is 11.8 Å². The lowest BCUT2D eigenvalue weighted by atomic mass is 10.2. The molecule has 19 heavy (non-hydrogen) atoms. The van der Waals surface area contributed by atoms with Crippen molar-refractivity contribution >= 4 is 11.8 Å². The van der Waals surface area contributed by atoms with E-state index >= 15 is 0 Å². The third-order valence-electron chi connectivity index (χ3n) is 2.73. The largest absolute Gasteiger partial charge is 0.481 e. The summed E-state index contributed by atoms with van der Waals surface area (Å²) in [4.78, 5) is 16.4. The third-order valence-corrected chi connectivity index (χ3v) is 3.88. The summed E-state index contributed by atoms with van der Waals surface area (Å²) in [5.74, 6) is 1.50. The average Bonchev–Trinajstić information content (AvgIpc) is 2.41. The fourth-order valence-corrected chi connectivity index (χ4v) is 2.83. The van der Waals surface area contributed by atoms with Gasteiger partial charge in [-0.3, -0.25) is 10.1 Å². The van der Waals surface area contributed by atoms with Crippen LogP contribution in [0.15, 0.2) is 29.6 Å². The number of rotatable bonds is 4. The molecule has 0 amide bonds. The van der Waals surface area contributed by atoms with Crippen LogP contribution in [0.1, 0.15) is 12.0 Å². The molecule has 0 aliphatic carbocycles. The normalized spacial score (nSPS) is 17.5. The van der Waals surface area contributed by atoms with Gasteiger partial charge >= 0.3 is 0 Å². The van der Waals surface area contributed by atoms with Gasteiger partial charge in [0, 0.05) is 31.1 Å². The van der Waals surface area contributed by atoms with Crippen LogP contribution in [0, 0.1) is 10.1 Å². The van der Waals surface area contributed by atoms with Crippen molar-refractivity contribution in [2.75, 3.05) is 19.4 Å². The lowest BCUT2D eigenvalue weighted by molar-refractivity contribution is -0.403. The van der Waals surface area contributed by atoms with Crippen LogP contribution in [-0.2, 0) is 6.54 Å². The molecule has 0 aromatic carbocycles. The van der Waals surface area contributed by atoms with Gasteiger partial charge < -0.3 is 9.64 Å². The first-order valence-electron chi connectivity index (χ1n) is 5.91. The highest BCUT2D eigenvalue weighted by atomic mass is 32.2. The molecule has 1 aliphatic heterocycles. The Morgan fingerprint density at radius 2 is 2.47 bits per heavy atom. The minimum atomic E-state index is -0.396. The van der Waals surface area contributed by atoms with E-state index in [0.717, 1.165) is 30.5 Å². The van der Waals surface area contributed by atoms with Crippen LogP contribution >= 0.6 is 11.8 Å². The summed E-state index contributed by atoms with van der Waals surface area (Å²) in [7, 11) is 1.57. The van der Waals surface area contributed by atoms with Gasteiger partial charge in [0.05, 0.1) is 12.0 Å². The number of nitrogens with zero attached hydrogens (tertiary/aromatic N) is 3. The Bertz CT molecular complexity index is 476. The molecule has 0 N–H and O–H groups in total. The lowest BCUT2D eigenvalue weighted by Crippen LogP contribution is -2.27. The number of pyridine rings is 1. The molecule has 2 heterocycles. The maximum atomic E-state index is 10.6. The van der Waals surface area contributed by atoms with Crippen LogP contribution in [0.4, 0.5) is 0 Å². The first-order chi connectivity index (χ1) is 9.19. The monoisotopic (exact) mass is 281 g/mol. The Balaban J connectivity index is 2.08. The van der Waals surface area contributed by atoms with Crippen LogP contribution < -0.4 is 4.74 Å². The lowest BCUT2D eigenvalue weighted by Gasteiger charge is -2.29. The molecule has 0 spiro atoms. The first-order valence-corrected chi connectivity index (χ1v) is 6.89. The van der Waals surface area contributed by atoms with Crippen LogP contribution in [0.2, 0.25) is 0 Å². The molecule has 1 fully saturated rings. The third kappa shape index (κ3) is 3.85. The summed E-state index contributed by atoms with van der Waals surface area (Å²) >= 11 is 1.53. The molecule has 0 bridgehead atoms. The average molecular weight is 281 g/mol. The Labute approximate surface area is 115 Å². The van der Waals surface area contributed by atoms with Gasteiger partial charge in [-0.05, 0) is 12.0 Å². The van der Waals surface area contributed by atoms with E-state index in [0.29, 0.717) is 17.5 Å². The van der Waals surface area contributed by atoms with Crippen LogP contribution in [-0.4, -0.2) is 34.2 Å². The van der Waals surface area contributed by atoms with Crippen LogP contribution in [0.5, 0.6) is 5.88 Å². The summed E-state index contributed by atoms with van der Waals surface area (Å²) in [6, 6.07) is 3.72. The Kier molecular flexibility index (Phi) is 4.62. The van der Waals surface area contributed by atoms with E-state index in [1.807, 2.05) is 11.0 Å².